The van der Waals surface area contributed by atoms with Crippen molar-refractivity contribution >= 4 is 27.5 Å². The number of hydrogen-bond donors (Lipinski definition) is 1. The molecule has 0 aliphatic carbocycles. The predicted octanol–water partition coefficient (Wildman–Crippen LogP) is 6.01. The number of ether oxygens (including phenoxy) is 1. The van der Waals surface area contributed by atoms with E-state index < -0.39 is 23.2 Å². The van der Waals surface area contributed by atoms with Crippen molar-refractivity contribution in [1.29, 1.82) is 0 Å². The summed E-state index contributed by atoms with van der Waals surface area (Å²) in [6.45, 7) is 4.21. The van der Waals surface area contributed by atoms with E-state index >= 15 is 0 Å². The Labute approximate surface area is 263 Å². The Morgan fingerprint density at radius 3 is 2.70 bits per heavy atom. The molecule has 5 aromatic rings. The van der Waals surface area contributed by atoms with E-state index in [0.717, 1.165) is 30.5 Å². The Morgan fingerprint density at radius 1 is 1.15 bits per heavy atom. The third-order valence-corrected chi connectivity index (χ3v) is 9.78. The molecule has 0 radical (unpaired) electrons. The molecule has 0 spiro atoms. The number of phenols is 1. The van der Waals surface area contributed by atoms with Gasteiger partial charge in [-0.2, -0.15) is 9.97 Å². The van der Waals surface area contributed by atoms with E-state index in [-0.39, 0.29) is 40.6 Å². The highest BCUT2D eigenvalue weighted by molar-refractivity contribution is 6.03. The van der Waals surface area contributed by atoms with Gasteiger partial charge in [0, 0.05) is 42.6 Å². The van der Waals surface area contributed by atoms with Crippen LogP contribution in [0.25, 0.3) is 33.0 Å². The molecule has 2 aromatic heterocycles. The van der Waals surface area contributed by atoms with Crippen LogP contribution in [-0.2, 0) is 13.1 Å². The SMILES string of the molecule is C#Cc1c(F)ccc2cc(O)cc(-c3oc(=O)c4c(N5Cc6ccccc6C5)nc(OC[C@@]56CCCN5C[C@H](F)C6)nc4c3C)c12. The molecule has 10 heteroatoms. The molecule has 8 nitrogen and oxygen atoms in total. The second kappa shape index (κ2) is 10.5. The Bertz CT molecular complexity index is 2150. The molecule has 46 heavy (non-hydrogen) atoms. The topological polar surface area (TPSA) is 91.9 Å². The fourth-order valence-electron chi connectivity index (χ4n) is 7.64. The van der Waals surface area contributed by atoms with Gasteiger partial charge in [-0.25, -0.2) is 13.6 Å². The van der Waals surface area contributed by atoms with E-state index in [2.05, 4.69) is 10.8 Å². The van der Waals surface area contributed by atoms with Gasteiger partial charge >= 0.3 is 11.6 Å². The summed E-state index contributed by atoms with van der Waals surface area (Å²) in [5, 5.41) is 11.6. The van der Waals surface area contributed by atoms with Gasteiger partial charge in [-0.05, 0) is 61.0 Å². The normalized spacial score (nSPS) is 20.7. The van der Waals surface area contributed by atoms with Gasteiger partial charge in [-0.15, -0.1) is 6.42 Å². The first-order chi connectivity index (χ1) is 22.2. The van der Waals surface area contributed by atoms with Crippen LogP contribution in [0.5, 0.6) is 11.8 Å². The number of fused-ring (bicyclic) bond motifs is 4. The third-order valence-electron chi connectivity index (χ3n) is 9.78. The number of anilines is 1. The lowest BCUT2D eigenvalue weighted by Crippen LogP contribution is -2.43. The number of halogens is 2. The van der Waals surface area contributed by atoms with Gasteiger partial charge in [0.2, 0.25) is 0 Å². The summed E-state index contributed by atoms with van der Waals surface area (Å²) in [7, 11) is 0. The van der Waals surface area contributed by atoms with Gasteiger partial charge in [0.25, 0.3) is 0 Å². The second-order valence-corrected chi connectivity index (χ2v) is 12.5. The van der Waals surface area contributed by atoms with Crippen LogP contribution < -0.4 is 15.3 Å². The lowest BCUT2D eigenvalue weighted by Gasteiger charge is -2.31. The van der Waals surface area contributed by atoms with Gasteiger partial charge in [0.1, 0.15) is 35.5 Å². The third kappa shape index (κ3) is 4.41. The Balaban J connectivity index is 1.32. The van der Waals surface area contributed by atoms with E-state index in [0.29, 0.717) is 53.7 Å². The van der Waals surface area contributed by atoms with Crippen molar-refractivity contribution < 1.29 is 23.0 Å². The highest BCUT2D eigenvalue weighted by Crippen LogP contribution is 2.42. The maximum atomic E-state index is 14.9. The number of benzene rings is 3. The summed E-state index contributed by atoms with van der Waals surface area (Å²) in [5.41, 5.74) is 2.12. The molecule has 0 saturated carbocycles. The van der Waals surface area contributed by atoms with Crippen LogP contribution in [0, 0.1) is 25.1 Å². The molecule has 3 aliphatic rings. The number of aromatic nitrogens is 2. The standard InChI is InChI=1S/C36H30F2N4O4/c1-3-26-28(38)10-9-21-13-25(43)14-27(29(21)26)32-20(2)31-30(34(44)46-32)33(41-16-22-7-4-5-8-23(22)17-41)40-35(39-31)45-19-36-11-6-12-42(36)18-24(37)15-36/h1,4-5,7-10,13-14,24,43H,6,11-12,15-19H2,2H3/t24-,36+/m1/s1. The maximum Gasteiger partial charge on any atom is 0.349 e. The zero-order valence-corrected chi connectivity index (χ0v) is 25.1. The molecule has 0 unspecified atom stereocenters. The monoisotopic (exact) mass is 620 g/mol. The lowest BCUT2D eigenvalue weighted by molar-refractivity contribution is 0.107. The van der Waals surface area contributed by atoms with Crippen molar-refractivity contribution in [2.75, 3.05) is 24.6 Å². The first-order valence-electron chi connectivity index (χ1n) is 15.4. The molecule has 2 atom stereocenters. The zero-order valence-electron chi connectivity index (χ0n) is 25.1. The molecule has 0 bridgehead atoms. The smallest absolute Gasteiger partial charge is 0.349 e. The van der Waals surface area contributed by atoms with Crippen molar-refractivity contribution in [2.24, 2.45) is 0 Å². The zero-order chi connectivity index (χ0) is 31.7. The van der Waals surface area contributed by atoms with E-state index in [1.807, 2.05) is 29.2 Å². The molecule has 0 amide bonds. The molecule has 5 heterocycles. The van der Waals surface area contributed by atoms with Gasteiger partial charge in [-0.1, -0.05) is 36.3 Å². The lowest BCUT2D eigenvalue weighted by atomic mass is 9.95. The minimum Gasteiger partial charge on any atom is -0.508 e. The van der Waals surface area contributed by atoms with E-state index in [1.165, 1.54) is 24.3 Å². The van der Waals surface area contributed by atoms with E-state index in [4.69, 9.17) is 25.5 Å². The number of terminal acetylenes is 1. The van der Waals surface area contributed by atoms with Crippen LogP contribution in [0.1, 0.15) is 41.5 Å². The Kier molecular flexibility index (Phi) is 6.51. The number of phenolic OH excluding ortho intramolecular Hbond substituents is 1. The fourth-order valence-corrected chi connectivity index (χ4v) is 7.64. The average Bonchev–Trinajstić information content (AvgIpc) is 3.73. The maximum absolute atomic E-state index is 14.9. The number of nitrogens with zero attached hydrogens (tertiary/aromatic N) is 4. The molecule has 3 aromatic carbocycles. The number of aromatic hydroxyl groups is 1. The van der Waals surface area contributed by atoms with E-state index in [9.17, 15) is 18.7 Å². The van der Waals surface area contributed by atoms with Crippen molar-refractivity contribution in [1.82, 2.24) is 14.9 Å². The van der Waals surface area contributed by atoms with Crippen molar-refractivity contribution in [3.8, 4) is 35.4 Å². The quantitative estimate of drug-likeness (QED) is 0.239. The van der Waals surface area contributed by atoms with E-state index in [1.54, 1.807) is 6.92 Å². The number of alkyl halides is 1. The van der Waals surface area contributed by atoms with Crippen molar-refractivity contribution in [3.63, 3.8) is 0 Å². The number of rotatable bonds is 5. The summed E-state index contributed by atoms with van der Waals surface area (Å²) >= 11 is 0. The molecular weight excluding hydrogens is 590 g/mol. The Hall–Kier alpha value is -5.01. The van der Waals surface area contributed by atoms with Crippen LogP contribution in [-0.4, -0.2) is 51.4 Å². The van der Waals surface area contributed by atoms with Crippen LogP contribution in [0.2, 0.25) is 0 Å². The summed E-state index contributed by atoms with van der Waals surface area (Å²) in [4.78, 5) is 27.6. The summed E-state index contributed by atoms with van der Waals surface area (Å²) in [5.74, 6) is 2.15. The van der Waals surface area contributed by atoms with Crippen LogP contribution in [0.4, 0.5) is 14.6 Å². The first-order valence-corrected chi connectivity index (χ1v) is 15.4. The Morgan fingerprint density at radius 2 is 1.93 bits per heavy atom. The van der Waals surface area contributed by atoms with Gasteiger partial charge in [0.05, 0.1) is 16.6 Å². The van der Waals surface area contributed by atoms with Crippen molar-refractivity contribution in [2.45, 2.75) is 51.0 Å². The minimum atomic E-state index is -0.913. The van der Waals surface area contributed by atoms with Crippen LogP contribution in [0.15, 0.2) is 57.7 Å². The van der Waals surface area contributed by atoms with Crippen LogP contribution >= 0.6 is 0 Å². The molecule has 8 rings (SSSR count). The van der Waals surface area contributed by atoms with Crippen LogP contribution in [0.3, 0.4) is 0 Å². The van der Waals surface area contributed by atoms with Gasteiger partial charge < -0.3 is 19.2 Å². The van der Waals surface area contributed by atoms with Gasteiger partial charge in [-0.3, -0.25) is 4.90 Å². The molecule has 2 saturated heterocycles. The largest absolute Gasteiger partial charge is 0.508 e. The second-order valence-electron chi connectivity index (χ2n) is 12.5. The average molecular weight is 621 g/mol. The summed E-state index contributed by atoms with van der Waals surface area (Å²) < 4.78 is 41.7. The minimum absolute atomic E-state index is 0.0139. The number of hydrogen-bond acceptors (Lipinski definition) is 8. The fraction of sp³-hybridized carbons (Fsp3) is 0.306. The summed E-state index contributed by atoms with van der Waals surface area (Å²) in [6, 6.07) is 13.7. The van der Waals surface area contributed by atoms with Gasteiger partial charge in [0.15, 0.2) is 5.82 Å². The molecule has 1 N–H and O–H groups in total. The highest BCUT2D eigenvalue weighted by Gasteiger charge is 2.49. The summed E-state index contributed by atoms with van der Waals surface area (Å²) in [6.07, 6.45) is 6.98. The molecule has 2 fully saturated rings. The molecule has 3 aliphatic heterocycles. The highest BCUT2D eigenvalue weighted by atomic mass is 19.1. The van der Waals surface area contributed by atoms with Crippen molar-refractivity contribution in [3.05, 3.63) is 87.0 Å². The molecule has 232 valence electrons. The molecular formula is C36H30F2N4O4. The predicted molar refractivity (Wildman–Crippen MR) is 170 cm³/mol. The first kappa shape index (κ1) is 28.5. The number of aryl methyl sites for hydroxylation is 1.